The zero-order valence-electron chi connectivity index (χ0n) is 16.8. The van der Waals surface area contributed by atoms with Crippen molar-refractivity contribution >= 4 is 11.9 Å². The van der Waals surface area contributed by atoms with Gasteiger partial charge >= 0.3 is 11.9 Å². The van der Waals surface area contributed by atoms with E-state index in [0.717, 1.165) is 25.7 Å². The van der Waals surface area contributed by atoms with Crippen molar-refractivity contribution in [2.75, 3.05) is 27.7 Å². The first kappa shape index (κ1) is 24.3. The summed E-state index contributed by atoms with van der Waals surface area (Å²) in [7, 11) is 5.77. The van der Waals surface area contributed by atoms with Crippen LogP contribution in [0, 0.1) is 0 Å². The fraction of sp³-hybridized carbons (Fsp3) is 0.619. The maximum absolute atomic E-state index is 11.6. The number of aliphatic hydroxyl groups is 1. The minimum Gasteiger partial charge on any atom is -0.393 e. The number of aliphatic hydroxyl groups excluding tert-OH is 1. The number of rotatable bonds is 13. The van der Waals surface area contributed by atoms with Crippen LogP contribution in [0.5, 0.6) is 0 Å². The summed E-state index contributed by atoms with van der Waals surface area (Å²) in [6, 6.07) is 0. The number of esters is 2. The van der Waals surface area contributed by atoms with Crippen LogP contribution in [0.15, 0.2) is 36.5 Å². The van der Waals surface area contributed by atoms with Gasteiger partial charge in [-0.05, 0) is 32.1 Å². The van der Waals surface area contributed by atoms with E-state index < -0.39 is 18.0 Å². The zero-order valence-corrected chi connectivity index (χ0v) is 16.8. The number of carbonyl (C=O) groups excluding carboxylic acids is 2. The van der Waals surface area contributed by atoms with Gasteiger partial charge < -0.3 is 14.3 Å². The first-order chi connectivity index (χ1) is 12.2. The third-order valence-electron chi connectivity index (χ3n) is 3.42. The van der Waals surface area contributed by atoms with Crippen molar-refractivity contribution in [2.24, 2.45) is 0 Å². The Labute approximate surface area is 158 Å². The van der Waals surface area contributed by atoms with Gasteiger partial charge in [-0.3, -0.25) is 9.59 Å². The van der Waals surface area contributed by atoms with Crippen LogP contribution in [0.25, 0.3) is 0 Å². The van der Waals surface area contributed by atoms with Crippen LogP contribution < -0.4 is 0 Å². The summed E-state index contributed by atoms with van der Waals surface area (Å²) in [6.07, 6.45) is 16.2. The summed E-state index contributed by atoms with van der Waals surface area (Å²) in [5.41, 5.74) is 0. The molecular weight excluding hydrogens is 330 g/mol. The molecule has 0 aliphatic heterocycles. The van der Waals surface area contributed by atoms with Crippen LogP contribution in [-0.4, -0.2) is 55.3 Å². The fourth-order valence-corrected chi connectivity index (χ4v) is 2.30. The summed E-state index contributed by atoms with van der Waals surface area (Å²) in [4.78, 5) is 23.2. The molecule has 0 aromatic rings. The van der Waals surface area contributed by atoms with Crippen LogP contribution in [0.3, 0.4) is 0 Å². The van der Waals surface area contributed by atoms with Gasteiger partial charge in [0.25, 0.3) is 0 Å². The zero-order chi connectivity index (χ0) is 19.8. The van der Waals surface area contributed by atoms with E-state index in [0.29, 0.717) is 17.4 Å². The summed E-state index contributed by atoms with van der Waals surface area (Å²) in [5, 5.41) is 9.80. The predicted octanol–water partition coefficient (Wildman–Crippen LogP) is 3.54. The monoisotopic (exact) mass is 366 g/mol. The molecule has 0 aliphatic carbocycles. The van der Waals surface area contributed by atoms with E-state index in [1.165, 1.54) is 0 Å². The fourth-order valence-electron chi connectivity index (χ4n) is 2.30. The highest BCUT2D eigenvalue weighted by atomic mass is 16.6. The number of likely N-dealkylation sites (N-methyl/N-ethyl adjacent to an activating group) is 1. The van der Waals surface area contributed by atoms with Crippen LogP contribution in [-0.2, 0) is 14.3 Å². The lowest BCUT2D eigenvalue weighted by Crippen LogP contribution is -2.42. The first-order valence-corrected chi connectivity index (χ1v) is 9.41. The Morgan fingerprint density at radius 3 is 2.12 bits per heavy atom. The summed E-state index contributed by atoms with van der Waals surface area (Å²) >= 11 is 0. The van der Waals surface area contributed by atoms with E-state index in [4.69, 9.17) is 4.74 Å². The van der Waals surface area contributed by atoms with Crippen molar-refractivity contribution in [2.45, 2.75) is 58.0 Å². The molecule has 0 rings (SSSR count). The number of hydrogen-bond acceptors (Lipinski definition) is 4. The van der Waals surface area contributed by atoms with Gasteiger partial charge in [0, 0.05) is 6.42 Å². The second-order valence-electron chi connectivity index (χ2n) is 7.36. The summed E-state index contributed by atoms with van der Waals surface area (Å²) in [6.45, 7) is 2.54. The Balaban J connectivity index is 3.77. The molecule has 1 N–H and O–H groups in total. The van der Waals surface area contributed by atoms with Gasteiger partial charge in [-0.15, -0.1) is 0 Å². The van der Waals surface area contributed by atoms with E-state index in [9.17, 15) is 14.7 Å². The number of hydrogen-bond donors (Lipinski definition) is 1. The van der Waals surface area contributed by atoms with E-state index in [-0.39, 0.29) is 12.8 Å². The molecule has 5 nitrogen and oxygen atoms in total. The highest BCUT2D eigenvalue weighted by molar-refractivity contribution is 5.85. The number of allylic oxidation sites excluding steroid dienone is 6. The molecule has 0 spiro atoms. The Bertz CT molecular complexity index is 487. The van der Waals surface area contributed by atoms with E-state index in [1.807, 2.05) is 27.2 Å². The number of nitrogens with zero attached hydrogens (tertiary/aromatic N) is 1. The maximum Gasteiger partial charge on any atom is 0.316 e. The Kier molecular flexibility index (Phi) is 13.5. The number of quaternary nitrogens is 1. The standard InChI is InChI=1S/C21H36NO4/c1-5-6-7-8-9-10-11-12-13-14-15-16-20(24)26-21(25)17-19(23)18-22(2,3)4/h6-7,9-10,12-13,19,23H,5,8,11,14-18H2,1-4H3/q+1/b7-6-,10-9-,13-12-. The van der Waals surface area contributed by atoms with Gasteiger partial charge in [0.05, 0.1) is 27.6 Å². The molecule has 0 saturated carbocycles. The average molecular weight is 367 g/mol. The minimum atomic E-state index is -0.802. The second kappa shape index (κ2) is 14.4. The third-order valence-corrected chi connectivity index (χ3v) is 3.42. The largest absolute Gasteiger partial charge is 0.393 e. The molecular formula is C21H36NO4+. The maximum atomic E-state index is 11.6. The van der Waals surface area contributed by atoms with Crippen molar-refractivity contribution in [3.05, 3.63) is 36.5 Å². The van der Waals surface area contributed by atoms with Crippen molar-refractivity contribution < 1.29 is 23.9 Å². The van der Waals surface area contributed by atoms with Crippen molar-refractivity contribution in [1.82, 2.24) is 0 Å². The Morgan fingerprint density at radius 1 is 0.962 bits per heavy atom. The molecule has 0 fully saturated rings. The van der Waals surface area contributed by atoms with Gasteiger partial charge in [0.2, 0.25) is 0 Å². The summed E-state index contributed by atoms with van der Waals surface area (Å²) < 4.78 is 5.28. The number of unbranched alkanes of at least 4 members (excludes halogenated alkanes) is 1. The molecule has 0 amide bonds. The molecule has 26 heavy (non-hydrogen) atoms. The lowest BCUT2D eigenvalue weighted by molar-refractivity contribution is -0.873. The van der Waals surface area contributed by atoms with Crippen molar-refractivity contribution in [3.8, 4) is 0 Å². The molecule has 1 unspecified atom stereocenters. The van der Waals surface area contributed by atoms with Crippen molar-refractivity contribution in [3.63, 3.8) is 0 Å². The van der Waals surface area contributed by atoms with Gasteiger partial charge in [-0.1, -0.05) is 43.4 Å². The Morgan fingerprint density at radius 2 is 1.54 bits per heavy atom. The van der Waals surface area contributed by atoms with E-state index >= 15 is 0 Å². The Hall–Kier alpha value is -1.72. The molecule has 0 aromatic heterocycles. The van der Waals surface area contributed by atoms with Gasteiger partial charge in [-0.25, -0.2) is 0 Å². The highest BCUT2D eigenvalue weighted by Crippen LogP contribution is 2.04. The molecule has 0 bridgehead atoms. The number of carbonyl (C=O) groups is 2. The van der Waals surface area contributed by atoms with Gasteiger partial charge in [0.1, 0.15) is 12.6 Å². The number of ether oxygens (including phenoxy) is 1. The van der Waals surface area contributed by atoms with E-state index in [2.05, 4.69) is 37.3 Å². The topological polar surface area (TPSA) is 63.6 Å². The SMILES string of the molecule is CC/C=C\C/C=C\C/C=C\CCCC(=O)OC(=O)CC(O)C[N+](C)(C)C. The van der Waals surface area contributed by atoms with Gasteiger partial charge in [-0.2, -0.15) is 0 Å². The molecule has 0 heterocycles. The van der Waals surface area contributed by atoms with Crippen LogP contribution in [0.2, 0.25) is 0 Å². The van der Waals surface area contributed by atoms with Crippen LogP contribution in [0.4, 0.5) is 0 Å². The minimum absolute atomic E-state index is 0.152. The smallest absolute Gasteiger partial charge is 0.316 e. The highest BCUT2D eigenvalue weighted by Gasteiger charge is 2.20. The average Bonchev–Trinajstić information content (AvgIpc) is 2.50. The second-order valence-corrected chi connectivity index (χ2v) is 7.36. The normalized spacial score (nSPS) is 13.7. The first-order valence-electron chi connectivity index (χ1n) is 9.41. The quantitative estimate of drug-likeness (QED) is 0.178. The molecule has 0 aliphatic rings. The van der Waals surface area contributed by atoms with Crippen LogP contribution in [0.1, 0.15) is 51.9 Å². The lowest BCUT2D eigenvalue weighted by atomic mass is 10.2. The molecule has 148 valence electrons. The van der Waals surface area contributed by atoms with Gasteiger partial charge in [0.15, 0.2) is 0 Å². The predicted molar refractivity (Wildman–Crippen MR) is 105 cm³/mol. The third kappa shape index (κ3) is 17.1. The molecule has 5 heteroatoms. The summed E-state index contributed by atoms with van der Waals surface area (Å²) in [5.74, 6) is -1.18. The molecule has 0 aromatic carbocycles. The lowest BCUT2D eigenvalue weighted by Gasteiger charge is -2.26. The molecule has 1 atom stereocenters. The van der Waals surface area contributed by atoms with Crippen molar-refractivity contribution in [1.29, 1.82) is 0 Å². The molecule has 0 saturated heterocycles. The van der Waals surface area contributed by atoms with Crippen LogP contribution >= 0.6 is 0 Å². The molecule has 0 radical (unpaired) electrons. The van der Waals surface area contributed by atoms with E-state index in [1.54, 1.807) is 0 Å².